The van der Waals surface area contributed by atoms with E-state index < -0.39 is 28.0 Å². The quantitative estimate of drug-likeness (QED) is 0.478. The number of hydrogen-bond donors (Lipinski definition) is 1. The van der Waals surface area contributed by atoms with E-state index in [4.69, 9.17) is 4.74 Å². The van der Waals surface area contributed by atoms with Crippen LogP contribution in [0.5, 0.6) is 5.75 Å². The normalized spacial score (nSPS) is 17.8. The van der Waals surface area contributed by atoms with Crippen LogP contribution < -0.4 is 9.46 Å². The number of fused-ring (bicyclic) bond motifs is 5. The maximum atomic E-state index is 13.2. The summed E-state index contributed by atoms with van der Waals surface area (Å²) in [4.78, 5) is 29.2. The van der Waals surface area contributed by atoms with Crippen LogP contribution in [0.3, 0.4) is 0 Å². The van der Waals surface area contributed by atoms with E-state index in [2.05, 4.69) is 9.66 Å². The Morgan fingerprint density at radius 2 is 1.82 bits per heavy atom. The molecule has 1 aliphatic carbocycles. The van der Waals surface area contributed by atoms with Crippen LogP contribution in [0.1, 0.15) is 59.5 Å². The SMILES string of the molecule is COc1ccc2c(c1)CC(C(=O)OF)Cn1c-2c(C2CCCCC2)c2ccc(C(=O)NS(=O)(=O)N(C)C)cc21. The molecule has 1 atom stereocenters. The van der Waals surface area contributed by atoms with Crippen molar-refractivity contribution in [2.45, 2.75) is 51.0 Å². The number of rotatable bonds is 6. The lowest BCUT2D eigenvalue weighted by molar-refractivity contribution is -0.189. The van der Waals surface area contributed by atoms with Crippen molar-refractivity contribution in [3.8, 4) is 17.0 Å². The van der Waals surface area contributed by atoms with E-state index in [1.807, 2.05) is 28.8 Å². The Morgan fingerprint density at radius 1 is 1.08 bits per heavy atom. The van der Waals surface area contributed by atoms with Gasteiger partial charge in [0.1, 0.15) is 5.75 Å². The Balaban J connectivity index is 1.76. The van der Waals surface area contributed by atoms with Crippen molar-refractivity contribution in [2.75, 3.05) is 21.2 Å². The van der Waals surface area contributed by atoms with E-state index in [1.54, 1.807) is 19.2 Å². The van der Waals surface area contributed by atoms with E-state index >= 15 is 0 Å². The minimum Gasteiger partial charge on any atom is -0.497 e. The van der Waals surface area contributed by atoms with Gasteiger partial charge in [-0.2, -0.15) is 12.7 Å². The van der Waals surface area contributed by atoms with Gasteiger partial charge in [-0.3, -0.25) is 9.74 Å². The monoisotopic (exact) mass is 557 g/mol. The Kier molecular flexibility index (Phi) is 7.39. The number of nitrogens with one attached hydrogen (secondary N) is 1. The molecule has 9 nitrogen and oxygen atoms in total. The first-order valence-corrected chi connectivity index (χ1v) is 14.5. The van der Waals surface area contributed by atoms with Crippen molar-refractivity contribution in [2.24, 2.45) is 5.92 Å². The molecule has 0 bridgehead atoms. The van der Waals surface area contributed by atoms with E-state index in [-0.39, 0.29) is 24.4 Å². The fourth-order valence-electron chi connectivity index (χ4n) is 5.94. The third-order valence-corrected chi connectivity index (χ3v) is 9.33. The van der Waals surface area contributed by atoms with Crippen molar-refractivity contribution in [3.05, 3.63) is 53.1 Å². The minimum atomic E-state index is -3.99. The standard InChI is InChI=1S/C28H32FN3O6S/c1-31(2)39(35,36)30-27(33)18-9-11-23-24(15-18)32-16-20(28(34)38-29)13-19-14-21(37-3)10-12-22(19)26(32)25(23)17-7-5-4-6-8-17/h9-12,14-15,17,20H,4-8,13,16H2,1-3H3,(H,30,33). The van der Waals surface area contributed by atoms with Crippen LogP contribution in [-0.2, 0) is 32.9 Å². The van der Waals surface area contributed by atoms with Gasteiger partial charge < -0.3 is 9.30 Å². The van der Waals surface area contributed by atoms with Gasteiger partial charge in [-0.15, -0.1) is 0 Å². The number of benzene rings is 2. The molecule has 3 aromatic rings. The highest BCUT2D eigenvalue weighted by molar-refractivity contribution is 7.87. The summed E-state index contributed by atoms with van der Waals surface area (Å²) in [5.41, 5.74) is 4.68. The van der Waals surface area contributed by atoms with Gasteiger partial charge in [0.25, 0.3) is 5.91 Å². The molecule has 2 aliphatic rings. The van der Waals surface area contributed by atoms with Crippen molar-refractivity contribution >= 4 is 33.0 Å². The molecule has 1 aliphatic heterocycles. The summed E-state index contributed by atoms with van der Waals surface area (Å²) in [5, 5.41) is 0.931. The molecular formula is C28H32FN3O6S. The summed E-state index contributed by atoms with van der Waals surface area (Å²) >= 11 is 0. The molecule has 208 valence electrons. The van der Waals surface area contributed by atoms with Gasteiger partial charge >= 0.3 is 16.2 Å². The van der Waals surface area contributed by atoms with Crippen molar-refractivity contribution < 1.29 is 32.2 Å². The molecule has 11 heteroatoms. The summed E-state index contributed by atoms with van der Waals surface area (Å²) in [6.07, 6.45) is 5.66. The predicted molar refractivity (Wildman–Crippen MR) is 144 cm³/mol. The summed E-state index contributed by atoms with van der Waals surface area (Å²) in [6.45, 7) is 0.138. The predicted octanol–water partition coefficient (Wildman–Crippen LogP) is 4.50. The molecule has 39 heavy (non-hydrogen) atoms. The third-order valence-electron chi connectivity index (χ3n) is 7.93. The number of amides is 1. The second-order valence-corrected chi connectivity index (χ2v) is 12.4. The first-order chi connectivity index (χ1) is 18.6. The lowest BCUT2D eigenvalue weighted by Gasteiger charge is -2.24. The van der Waals surface area contributed by atoms with Gasteiger partial charge in [-0.05, 0) is 66.6 Å². The molecule has 1 N–H and O–H groups in total. The zero-order valence-corrected chi connectivity index (χ0v) is 23.0. The zero-order valence-electron chi connectivity index (χ0n) is 22.2. The molecule has 0 spiro atoms. The summed E-state index contributed by atoms with van der Waals surface area (Å²) in [5.74, 6) is -1.65. The van der Waals surface area contributed by atoms with Crippen LogP contribution in [0, 0.1) is 5.92 Å². The maximum Gasteiger partial charge on any atom is 0.353 e. The number of methoxy groups -OCH3 is 1. The summed E-state index contributed by atoms with van der Waals surface area (Å²) < 4.78 is 48.2. The minimum absolute atomic E-state index is 0.138. The van der Waals surface area contributed by atoms with Crippen LogP contribution in [-0.4, -0.2) is 50.4 Å². The second kappa shape index (κ2) is 10.6. The van der Waals surface area contributed by atoms with Crippen molar-refractivity contribution in [1.82, 2.24) is 13.6 Å². The Morgan fingerprint density at radius 3 is 2.49 bits per heavy atom. The fraction of sp³-hybridized carbons (Fsp3) is 0.429. The molecule has 1 aromatic heterocycles. The van der Waals surface area contributed by atoms with Crippen LogP contribution >= 0.6 is 0 Å². The summed E-state index contributed by atoms with van der Waals surface area (Å²) in [7, 11) is 0.241. The number of carbonyl (C=O) groups excluding carboxylic acids is 2. The van der Waals surface area contributed by atoms with E-state index in [1.165, 1.54) is 20.5 Å². The highest BCUT2D eigenvalue weighted by Gasteiger charge is 2.34. The fourth-order valence-corrected chi connectivity index (χ4v) is 6.47. The van der Waals surface area contributed by atoms with Gasteiger partial charge in [-0.1, -0.05) is 25.3 Å². The summed E-state index contributed by atoms with van der Waals surface area (Å²) in [6, 6.07) is 10.8. The molecule has 1 amide bonds. The van der Waals surface area contributed by atoms with E-state index in [9.17, 15) is 22.5 Å². The molecular weight excluding hydrogens is 525 g/mol. The number of nitrogens with zero attached hydrogens (tertiary/aromatic N) is 2. The molecule has 0 radical (unpaired) electrons. The van der Waals surface area contributed by atoms with Gasteiger partial charge in [0.15, 0.2) is 0 Å². The van der Waals surface area contributed by atoms with E-state index in [0.717, 1.165) is 57.8 Å². The van der Waals surface area contributed by atoms with Crippen molar-refractivity contribution in [1.29, 1.82) is 0 Å². The van der Waals surface area contributed by atoms with E-state index in [0.29, 0.717) is 11.3 Å². The number of ether oxygens (including phenoxy) is 1. The Hall–Kier alpha value is -3.44. The first kappa shape index (κ1) is 27.1. The zero-order chi connectivity index (χ0) is 27.9. The third kappa shape index (κ3) is 5.00. The molecule has 5 rings (SSSR count). The highest BCUT2D eigenvalue weighted by Crippen LogP contribution is 2.47. The van der Waals surface area contributed by atoms with Gasteiger partial charge in [0.05, 0.1) is 18.7 Å². The van der Waals surface area contributed by atoms with Crippen LogP contribution in [0.15, 0.2) is 36.4 Å². The number of aromatic nitrogens is 1. The van der Waals surface area contributed by atoms with Crippen LogP contribution in [0.4, 0.5) is 4.53 Å². The lowest BCUT2D eigenvalue weighted by Crippen LogP contribution is -2.39. The number of carbonyl (C=O) groups is 2. The molecule has 0 saturated heterocycles. The Bertz CT molecular complexity index is 1540. The second-order valence-electron chi connectivity index (χ2n) is 10.5. The Labute approximate surface area is 227 Å². The number of hydrogen-bond acceptors (Lipinski definition) is 6. The lowest BCUT2D eigenvalue weighted by atomic mass is 9.81. The average Bonchev–Trinajstić information content (AvgIpc) is 3.14. The topological polar surface area (TPSA) is 107 Å². The van der Waals surface area contributed by atoms with Gasteiger partial charge in [0, 0.05) is 47.2 Å². The van der Waals surface area contributed by atoms with Gasteiger partial charge in [0.2, 0.25) is 0 Å². The average molecular weight is 558 g/mol. The molecule has 1 unspecified atom stereocenters. The molecule has 1 saturated carbocycles. The highest BCUT2D eigenvalue weighted by atomic mass is 32.2. The first-order valence-electron chi connectivity index (χ1n) is 13.0. The molecule has 2 heterocycles. The van der Waals surface area contributed by atoms with Crippen LogP contribution in [0.2, 0.25) is 0 Å². The largest absolute Gasteiger partial charge is 0.497 e. The van der Waals surface area contributed by atoms with Crippen LogP contribution in [0.25, 0.3) is 22.2 Å². The van der Waals surface area contributed by atoms with Crippen molar-refractivity contribution in [3.63, 3.8) is 0 Å². The maximum absolute atomic E-state index is 13.2. The molecule has 1 fully saturated rings. The number of halogens is 1. The smallest absolute Gasteiger partial charge is 0.353 e. The molecule has 2 aromatic carbocycles. The van der Waals surface area contributed by atoms with Gasteiger partial charge in [-0.25, -0.2) is 9.52 Å².